The summed E-state index contributed by atoms with van der Waals surface area (Å²) in [5.41, 5.74) is 0.192. The zero-order valence-corrected chi connectivity index (χ0v) is 8.95. The second kappa shape index (κ2) is 3.28. The van der Waals surface area contributed by atoms with Crippen LogP contribution in [0.15, 0.2) is 12.3 Å². The summed E-state index contributed by atoms with van der Waals surface area (Å²) < 4.78 is 7.25. The second-order valence-corrected chi connectivity index (χ2v) is 4.58. The number of hydrogen-bond acceptors (Lipinski definition) is 3. The highest BCUT2D eigenvalue weighted by Crippen LogP contribution is 2.29. The molecule has 1 aliphatic heterocycles. The maximum atomic E-state index is 5.45. The molecule has 1 aliphatic rings. The summed E-state index contributed by atoms with van der Waals surface area (Å²) >= 11 is 0. The summed E-state index contributed by atoms with van der Waals surface area (Å²) in [6.45, 7) is 6.00. The Morgan fingerprint density at radius 3 is 2.93 bits per heavy atom. The molecule has 1 unspecified atom stereocenters. The van der Waals surface area contributed by atoms with Crippen LogP contribution < -0.4 is 5.32 Å². The fraction of sp³-hybridized carbons (Fsp3) is 0.700. The molecule has 1 saturated heterocycles. The fourth-order valence-corrected chi connectivity index (χ4v) is 1.67. The van der Waals surface area contributed by atoms with Gasteiger partial charge in [0.15, 0.2) is 0 Å². The Balaban J connectivity index is 2.04. The van der Waals surface area contributed by atoms with Gasteiger partial charge < -0.3 is 10.1 Å². The van der Waals surface area contributed by atoms with E-state index in [-0.39, 0.29) is 5.41 Å². The maximum absolute atomic E-state index is 5.45. The van der Waals surface area contributed by atoms with E-state index in [4.69, 9.17) is 4.74 Å². The molecule has 1 aromatic heterocycles. The molecule has 1 atom stereocenters. The summed E-state index contributed by atoms with van der Waals surface area (Å²) in [5, 5.41) is 7.68. The van der Waals surface area contributed by atoms with Gasteiger partial charge in [0.25, 0.3) is 0 Å². The Morgan fingerprint density at radius 1 is 1.64 bits per heavy atom. The minimum absolute atomic E-state index is 0.192. The number of ether oxygens (including phenoxy) is 1. The first kappa shape index (κ1) is 9.52. The number of anilines is 1. The van der Waals surface area contributed by atoms with Crippen molar-refractivity contribution in [2.75, 3.05) is 18.5 Å². The molecule has 0 radical (unpaired) electrons. The predicted molar refractivity (Wildman–Crippen MR) is 55.2 cm³/mol. The quantitative estimate of drug-likeness (QED) is 0.772. The van der Waals surface area contributed by atoms with Gasteiger partial charge in [-0.15, -0.1) is 0 Å². The molecule has 4 heteroatoms. The van der Waals surface area contributed by atoms with Crippen molar-refractivity contribution in [3.05, 3.63) is 12.3 Å². The van der Waals surface area contributed by atoms with Crippen LogP contribution in [0.5, 0.6) is 0 Å². The molecule has 0 bridgehead atoms. The van der Waals surface area contributed by atoms with Gasteiger partial charge in [-0.2, -0.15) is 5.10 Å². The van der Waals surface area contributed by atoms with Crippen molar-refractivity contribution in [1.29, 1.82) is 0 Å². The summed E-state index contributed by atoms with van der Waals surface area (Å²) in [6, 6.07) is 2.34. The number of hydrogen-bond donors (Lipinski definition) is 1. The Bertz CT molecular complexity index is 319. The molecule has 0 aliphatic carbocycles. The van der Waals surface area contributed by atoms with Gasteiger partial charge in [0.2, 0.25) is 0 Å². The van der Waals surface area contributed by atoms with E-state index in [1.165, 1.54) is 0 Å². The van der Waals surface area contributed by atoms with Gasteiger partial charge in [0.1, 0.15) is 5.82 Å². The molecule has 0 saturated carbocycles. The summed E-state index contributed by atoms with van der Waals surface area (Å²) in [6.07, 6.45) is 1.94. The molecule has 0 aromatic carbocycles. The molecule has 4 nitrogen and oxygen atoms in total. The van der Waals surface area contributed by atoms with Crippen molar-refractivity contribution in [3.63, 3.8) is 0 Å². The second-order valence-electron chi connectivity index (χ2n) is 4.58. The first-order chi connectivity index (χ1) is 6.58. The van der Waals surface area contributed by atoms with E-state index in [9.17, 15) is 0 Å². The molecule has 78 valence electrons. The lowest BCUT2D eigenvalue weighted by Gasteiger charge is -2.25. The van der Waals surface area contributed by atoms with Gasteiger partial charge in [0.05, 0.1) is 19.3 Å². The van der Waals surface area contributed by atoms with Gasteiger partial charge in [-0.05, 0) is 0 Å². The van der Waals surface area contributed by atoms with Crippen LogP contribution in [0, 0.1) is 5.41 Å². The molecule has 0 spiro atoms. The van der Waals surface area contributed by atoms with Crippen molar-refractivity contribution in [1.82, 2.24) is 9.78 Å². The summed E-state index contributed by atoms with van der Waals surface area (Å²) in [5.74, 6) is 0.927. The number of aromatic nitrogens is 2. The SMILES string of the molecule is Cn1ccc(NC2COCC2(C)C)n1. The zero-order valence-electron chi connectivity index (χ0n) is 8.95. The third-order valence-electron chi connectivity index (χ3n) is 2.74. The van der Waals surface area contributed by atoms with E-state index in [0.29, 0.717) is 6.04 Å². The maximum Gasteiger partial charge on any atom is 0.148 e. The topological polar surface area (TPSA) is 39.1 Å². The average molecular weight is 195 g/mol. The van der Waals surface area contributed by atoms with Crippen LogP contribution in [0.25, 0.3) is 0 Å². The lowest BCUT2D eigenvalue weighted by atomic mass is 9.88. The highest BCUT2D eigenvalue weighted by atomic mass is 16.5. The van der Waals surface area contributed by atoms with Crippen LogP contribution >= 0.6 is 0 Å². The lowest BCUT2D eigenvalue weighted by molar-refractivity contribution is 0.167. The third kappa shape index (κ3) is 1.75. The third-order valence-corrected chi connectivity index (χ3v) is 2.74. The molecule has 2 rings (SSSR count). The Labute approximate surface area is 84.3 Å². The Morgan fingerprint density at radius 2 is 2.43 bits per heavy atom. The van der Waals surface area contributed by atoms with Crippen molar-refractivity contribution < 1.29 is 4.74 Å². The van der Waals surface area contributed by atoms with Crippen molar-refractivity contribution in [3.8, 4) is 0 Å². The van der Waals surface area contributed by atoms with Crippen LogP contribution in [-0.4, -0.2) is 29.0 Å². The van der Waals surface area contributed by atoms with Crippen LogP contribution in [0.1, 0.15) is 13.8 Å². The Kier molecular flexibility index (Phi) is 2.23. The molecular weight excluding hydrogens is 178 g/mol. The van der Waals surface area contributed by atoms with E-state index in [1.54, 1.807) is 4.68 Å². The van der Waals surface area contributed by atoms with E-state index < -0.39 is 0 Å². The highest BCUT2D eigenvalue weighted by molar-refractivity contribution is 5.34. The standard InChI is InChI=1S/C10H17N3O/c1-10(2)7-14-6-8(10)11-9-4-5-13(3)12-9/h4-5,8H,6-7H2,1-3H3,(H,11,12). The van der Waals surface area contributed by atoms with E-state index in [0.717, 1.165) is 19.0 Å². The van der Waals surface area contributed by atoms with Crippen molar-refractivity contribution in [2.45, 2.75) is 19.9 Å². The van der Waals surface area contributed by atoms with Crippen molar-refractivity contribution >= 4 is 5.82 Å². The largest absolute Gasteiger partial charge is 0.379 e. The smallest absolute Gasteiger partial charge is 0.148 e. The molecule has 1 fully saturated rings. The Hall–Kier alpha value is -1.03. The van der Waals surface area contributed by atoms with Gasteiger partial charge >= 0.3 is 0 Å². The van der Waals surface area contributed by atoms with E-state index >= 15 is 0 Å². The van der Waals surface area contributed by atoms with Gasteiger partial charge in [0, 0.05) is 24.7 Å². The predicted octanol–water partition coefficient (Wildman–Crippen LogP) is 1.26. The minimum Gasteiger partial charge on any atom is -0.379 e. The summed E-state index contributed by atoms with van der Waals surface area (Å²) in [4.78, 5) is 0. The normalized spacial score (nSPS) is 25.2. The molecule has 1 N–H and O–H groups in total. The van der Waals surface area contributed by atoms with Gasteiger partial charge in [-0.25, -0.2) is 0 Å². The highest BCUT2D eigenvalue weighted by Gasteiger charge is 2.35. The zero-order chi connectivity index (χ0) is 10.2. The number of aryl methyl sites for hydroxylation is 1. The molecule has 2 heterocycles. The molecular formula is C10H17N3O. The monoisotopic (exact) mass is 195 g/mol. The molecule has 0 amide bonds. The first-order valence-corrected chi connectivity index (χ1v) is 4.92. The lowest BCUT2D eigenvalue weighted by Crippen LogP contribution is -2.34. The van der Waals surface area contributed by atoms with Crippen LogP contribution in [0.3, 0.4) is 0 Å². The van der Waals surface area contributed by atoms with Crippen LogP contribution in [0.4, 0.5) is 5.82 Å². The van der Waals surface area contributed by atoms with Crippen LogP contribution in [-0.2, 0) is 11.8 Å². The minimum atomic E-state index is 0.192. The number of nitrogens with one attached hydrogen (secondary N) is 1. The van der Waals surface area contributed by atoms with Gasteiger partial charge in [-0.3, -0.25) is 4.68 Å². The van der Waals surface area contributed by atoms with E-state index in [2.05, 4.69) is 24.3 Å². The van der Waals surface area contributed by atoms with E-state index in [1.807, 2.05) is 19.3 Å². The van der Waals surface area contributed by atoms with Gasteiger partial charge in [-0.1, -0.05) is 13.8 Å². The summed E-state index contributed by atoms with van der Waals surface area (Å²) in [7, 11) is 1.92. The van der Waals surface area contributed by atoms with Crippen LogP contribution in [0.2, 0.25) is 0 Å². The van der Waals surface area contributed by atoms with Crippen molar-refractivity contribution in [2.24, 2.45) is 12.5 Å². The number of nitrogens with zero attached hydrogens (tertiary/aromatic N) is 2. The molecule has 1 aromatic rings. The first-order valence-electron chi connectivity index (χ1n) is 4.92. The molecule has 14 heavy (non-hydrogen) atoms. The average Bonchev–Trinajstić information content (AvgIpc) is 2.61. The fourth-order valence-electron chi connectivity index (χ4n) is 1.67. The number of rotatable bonds is 2.